The van der Waals surface area contributed by atoms with Gasteiger partial charge in [0.25, 0.3) is 0 Å². The fraction of sp³-hybridized carbons (Fsp3) is 0.429. The fourth-order valence-corrected chi connectivity index (χ4v) is 2.49. The van der Waals surface area contributed by atoms with Crippen LogP contribution in [-0.2, 0) is 6.54 Å². The lowest BCUT2D eigenvalue weighted by Crippen LogP contribution is -2.33. The molecule has 0 saturated carbocycles. The van der Waals surface area contributed by atoms with Gasteiger partial charge in [0, 0.05) is 30.7 Å². The first-order valence-corrected chi connectivity index (χ1v) is 7.32. The SMILES string of the molecule is CC[C@H](N[C@H](C)Cn1cc(Br)cn1)c1ccncc1. The van der Waals surface area contributed by atoms with Crippen LogP contribution < -0.4 is 5.32 Å². The van der Waals surface area contributed by atoms with Gasteiger partial charge in [-0.25, -0.2) is 0 Å². The van der Waals surface area contributed by atoms with Crippen molar-refractivity contribution in [3.8, 4) is 0 Å². The van der Waals surface area contributed by atoms with Crippen molar-refractivity contribution >= 4 is 15.9 Å². The van der Waals surface area contributed by atoms with E-state index in [-0.39, 0.29) is 0 Å². The standard InChI is InChI=1S/C14H19BrN4/c1-3-14(12-4-6-16-7-5-12)18-11(2)9-19-10-13(15)8-17-19/h4-8,10-11,14,18H,3,9H2,1-2H3/t11-,14+/m1/s1. The zero-order valence-electron chi connectivity index (χ0n) is 11.3. The fourth-order valence-electron chi connectivity index (χ4n) is 2.16. The van der Waals surface area contributed by atoms with E-state index in [1.807, 2.05) is 29.5 Å². The molecule has 0 aliphatic heterocycles. The number of halogens is 1. The predicted molar refractivity (Wildman–Crippen MR) is 79.8 cm³/mol. The number of pyridine rings is 1. The normalized spacial score (nSPS) is 14.3. The van der Waals surface area contributed by atoms with Crippen LogP contribution in [0, 0.1) is 0 Å². The summed E-state index contributed by atoms with van der Waals surface area (Å²) in [6.07, 6.45) is 8.54. The summed E-state index contributed by atoms with van der Waals surface area (Å²) in [7, 11) is 0. The third-order valence-corrected chi connectivity index (χ3v) is 3.47. The zero-order valence-corrected chi connectivity index (χ0v) is 12.8. The predicted octanol–water partition coefficient (Wildman–Crippen LogP) is 3.17. The molecule has 0 fully saturated rings. The molecule has 0 spiro atoms. The second kappa shape index (κ2) is 6.82. The molecule has 0 unspecified atom stereocenters. The maximum atomic E-state index is 4.28. The van der Waals surface area contributed by atoms with Crippen LogP contribution in [0.5, 0.6) is 0 Å². The Morgan fingerprint density at radius 3 is 2.68 bits per heavy atom. The van der Waals surface area contributed by atoms with Gasteiger partial charge in [-0.3, -0.25) is 9.67 Å². The largest absolute Gasteiger partial charge is 0.306 e. The zero-order chi connectivity index (χ0) is 13.7. The molecule has 0 aliphatic rings. The Labute approximate surface area is 122 Å². The Kier molecular flexibility index (Phi) is 5.10. The van der Waals surface area contributed by atoms with Gasteiger partial charge in [-0.05, 0) is 47.0 Å². The van der Waals surface area contributed by atoms with Crippen molar-refractivity contribution in [1.29, 1.82) is 0 Å². The summed E-state index contributed by atoms with van der Waals surface area (Å²) < 4.78 is 2.96. The second-order valence-electron chi connectivity index (χ2n) is 4.69. The molecule has 102 valence electrons. The molecular formula is C14H19BrN4. The molecular weight excluding hydrogens is 304 g/mol. The highest BCUT2D eigenvalue weighted by atomic mass is 79.9. The molecule has 1 N–H and O–H groups in total. The van der Waals surface area contributed by atoms with Gasteiger partial charge in [0.05, 0.1) is 17.2 Å². The summed E-state index contributed by atoms with van der Waals surface area (Å²) >= 11 is 3.41. The van der Waals surface area contributed by atoms with Crippen molar-refractivity contribution in [1.82, 2.24) is 20.1 Å². The first-order chi connectivity index (χ1) is 9.19. The van der Waals surface area contributed by atoms with Crippen LogP contribution in [0.1, 0.15) is 31.9 Å². The molecule has 2 aromatic heterocycles. The molecule has 0 saturated heterocycles. The third-order valence-electron chi connectivity index (χ3n) is 3.07. The molecule has 0 amide bonds. The average Bonchev–Trinajstić information content (AvgIpc) is 2.82. The van der Waals surface area contributed by atoms with Crippen molar-refractivity contribution < 1.29 is 0 Å². The maximum absolute atomic E-state index is 4.28. The molecule has 4 nitrogen and oxygen atoms in total. The molecule has 2 heterocycles. The molecule has 2 rings (SSSR count). The van der Waals surface area contributed by atoms with Crippen molar-refractivity contribution in [2.75, 3.05) is 0 Å². The Morgan fingerprint density at radius 1 is 1.37 bits per heavy atom. The van der Waals surface area contributed by atoms with Crippen LogP contribution in [-0.4, -0.2) is 20.8 Å². The van der Waals surface area contributed by atoms with Crippen molar-refractivity contribution in [3.63, 3.8) is 0 Å². The minimum absolute atomic E-state index is 0.352. The van der Waals surface area contributed by atoms with Crippen LogP contribution in [0.3, 0.4) is 0 Å². The van der Waals surface area contributed by atoms with Crippen molar-refractivity contribution in [2.45, 2.75) is 38.9 Å². The molecule has 5 heteroatoms. The van der Waals surface area contributed by atoms with Crippen molar-refractivity contribution in [3.05, 3.63) is 47.0 Å². The lowest BCUT2D eigenvalue weighted by molar-refractivity contribution is 0.393. The summed E-state index contributed by atoms with van der Waals surface area (Å²) in [5.41, 5.74) is 1.28. The summed E-state index contributed by atoms with van der Waals surface area (Å²) in [5, 5.41) is 7.92. The van der Waals surface area contributed by atoms with Gasteiger partial charge in [-0.2, -0.15) is 5.10 Å². The van der Waals surface area contributed by atoms with Crippen LogP contribution in [0.4, 0.5) is 0 Å². The van der Waals surface area contributed by atoms with Gasteiger partial charge in [-0.1, -0.05) is 6.92 Å². The highest BCUT2D eigenvalue weighted by molar-refractivity contribution is 9.10. The van der Waals surface area contributed by atoms with E-state index < -0.39 is 0 Å². The average molecular weight is 323 g/mol. The lowest BCUT2D eigenvalue weighted by atomic mass is 10.1. The van der Waals surface area contributed by atoms with E-state index >= 15 is 0 Å². The van der Waals surface area contributed by atoms with E-state index in [4.69, 9.17) is 0 Å². The Balaban J connectivity index is 1.95. The number of rotatable bonds is 6. The number of nitrogens with one attached hydrogen (secondary N) is 1. The molecule has 0 radical (unpaired) electrons. The smallest absolute Gasteiger partial charge is 0.0632 e. The topological polar surface area (TPSA) is 42.7 Å². The quantitative estimate of drug-likeness (QED) is 0.888. The number of hydrogen-bond acceptors (Lipinski definition) is 3. The highest BCUT2D eigenvalue weighted by Gasteiger charge is 2.12. The van der Waals surface area contributed by atoms with Gasteiger partial charge in [0.1, 0.15) is 0 Å². The summed E-state index contributed by atoms with van der Waals surface area (Å²) in [6, 6.07) is 4.85. The van der Waals surface area contributed by atoms with Gasteiger partial charge < -0.3 is 5.32 Å². The maximum Gasteiger partial charge on any atom is 0.0632 e. The number of nitrogens with zero attached hydrogens (tertiary/aromatic N) is 3. The lowest BCUT2D eigenvalue weighted by Gasteiger charge is -2.22. The first kappa shape index (κ1) is 14.2. The molecule has 19 heavy (non-hydrogen) atoms. The first-order valence-electron chi connectivity index (χ1n) is 6.53. The second-order valence-corrected chi connectivity index (χ2v) is 5.61. The number of aromatic nitrogens is 3. The van der Waals surface area contributed by atoms with Crippen LogP contribution in [0.2, 0.25) is 0 Å². The molecule has 0 aromatic carbocycles. The number of hydrogen-bond donors (Lipinski definition) is 1. The highest BCUT2D eigenvalue weighted by Crippen LogP contribution is 2.16. The molecule has 2 atom stereocenters. The summed E-state index contributed by atoms with van der Waals surface area (Å²) in [5.74, 6) is 0. The van der Waals surface area contributed by atoms with Gasteiger partial charge in [0.15, 0.2) is 0 Å². The van der Waals surface area contributed by atoms with Crippen LogP contribution in [0.15, 0.2) is 41.4 Å². The molecule has 0 aliphatic carbocycles. The van der Waals surface area contributed by atoms with E-state index in [0.717, 1.165) is 17.4 Å². The Hall–Kier alpha value is -1.20. The van der Waals surface area contributed by atoms with Gasteiger partial charge in [0.2, 0.25) is 0 Å². The van der Waals surface area contributed by atoms with E-state index in [9.17, 15) is 0 Å². The van der Waals surface area contributed by atoms with Crippen LogP contribution >= 0.6 is 15.9 Å². The summed E-state index contributed by atoms with van der Waals surface area (Å²) in [4.78, 5) is 4.06. The molecule has 0 bridgehead atoms. The van der Waals surface area contributed by atoms with E-state index in [1.165, 1.54) is 5.56 Å². The Morgan fingerprint density at radius 2 is 2.11 bits per heavy atom. The molecule has 2 aromatic rings. The summed E-state index contributed by atoms with van der Waals surface area (Å²) in [6.45, 7) is 5.22. The minimum atomic E-state index is 0.352. The monoisotopic (exact) mass is 322 g/mol. The van der Waals surface area contributed by atoms with Gasteiger partial charge >= 0.3 is 0 Å². The van der Waals surface area contributed by atoms with E-state index in [0.29, 0.717) is 12.1 Å². The van der Waals surface area contributed by atoms with Crippen molar-refractivity contribution in [2.24, 2.45) is 0 Å². The Bertz CT molecular complexity index is 497. The van der Waals surface area contributed by atoms with Crippen LogP contribution in [0.25, 0.3) is 0 Å². The van der Waals surface area contributed by atoms with Gasteiger partial charge in [-0.15, -0.1) is 0 Å². The van der Waals surface area contributed by atoms with E-state index in [2.05, 4.69) is 57.3 Å². The van der Waals surface area contributed by atoms with E-state index in [1.54, 1.807) is 0 Å². The minimum Gasteiger partial charge on any atom is -0.306 e. The third kappa shape index (κ3) is 4.14.